The Morgan fingerprint density at radius 2 is 2.08 bits per heavy atom. The summed E-state index contributed by atoms with van der Waals surface area (Å²) in [6, 6.07) is 7.35. The van der Waals surface area contributed by atoms with E-state index in [1.165, 1.54) is 0 Å². The van der Waals surface area contributed by atoms with Crippen LogP contribution in [0.5, 0.6) is 5.75 Å². The molecule has 2 nitrogen and oxygen atoms in total. The Kier molecular flexibility index (Phi) is 3.11. The van der Waals surface area contributed by atoms with Crippen molar-refractivity contribution in [1.82, 2.24) is 0 Å². The van der Waals surface area contributed by atoms with E-state index in [1.54, 1.807) is 13.2 Å². The molecule has 0 radical (unpaired) electrons. The van der Waals surface area contributed by atoms with E-state index in [-0.39, 0.29) is 5.92 Å². The van der Waals surface area contributed by atoms with Gasteiger partial charge in [-0.3, -0.25) is 0 Å². The summed E-state index contributed by atoms with van der Waals surface area (Å²) < 4.78 is 5.00. The molecule has 0 saturated heterocycles. The summed E-state index contributed by atoms with van der Waals surface area (Å²) in [4.78, 5) is 0. The van der Waals surface area contributed by atoms with Crippen LogP contribution in [-0.2, 0) is 4.74 Å². The van der Waals surface area contributed by atoms with E-state index < -0.39 is 0 Å². The van der Waals surface area contributed by atoms with Crippen molar-refractivity contribution < 1.29 is 9.84 Å². The van der Waals surface area contributed by atoms with Gasteiger partial charge in [0.1, 0.15) is 5.75 Å². The van der Waals surface area contributed by atoms with Crippen LogP contribution in [0, 0.1) is 0 Å². The van der Waals surface area contributed by atoms with Crippen LogP contribution in [0.25, 0.3) is 0 Å². The number of benzene rings is 1. The fourth-order valence-corrected chi connectivity index (χ4v) is 1.24. The SMILES string of the molecule is COCC(C)c1ccccc1O. The Bertz CT molecular complexity index is 245. The average molecular weight is 166 g/mol. The summed E-state index contributed by atoms with van der Waals surface area (Å²) in [7, 11) is 1.66. The number of hydrogen-bond acceptors (Lipinski definition) is 2. The van der Waals surface area contributed by atoms with Gasteiger partial charge in [-0.15, -0.1) is 0 Å². The van der Waals surface area contributed by atoms with E-state index in [9.17, 15) is 5.11 Å². The van der Waals surface area contributed by atoms with E-state index in [0.29, 0.717) is 12.4 Å². The maximum Gasteiger partial charge on any atom is 0.119 e. The molecule has 1 rings (SSSR count). The lowest BCUT2D eigenvalue weighted by atomic mass is 10.0. The largest absolute Gasteiger partial charge is 0.508 e. The first-order valence-electron chi connectivity index (χ1n) is 4.02. The fraction of sp³-hybridized carbons (Fsp3) is 0.400. The molecular weight excluding hydrogens is 152 g/mol. The summed E-state index contributed by atoms with van der Waals surface area (Å²) in [5, 5.41) is 9.45. The maximum atomic E-state index is 9.45. The van der Waals surface area contributed by atoms with Gasteiger partial charge in [0.15, 0.2) is 0 Å². The number of ether oxygens (including phenoxy) is 1. The molecule has 1 aromatic carbocycles. The van der Waals surface area contributed by atoms with Gasteiger partial charge in [0.2, 0.25) is 0 Å². The third kappa shape index (κ3) is 1.98. The number of hydrogen-bond donors (Lipinski definition) is 1. The molecule has 66 valence electrons. The van der Waals surface area contributed by atoms with E-state index in [2.05, 4.69) is 0 Å². The van der Waals surface area contributed by atoms with Gasteiger partial charge in [0.05, 0.1) is 6.61 Å². The molecule has 1 aromatic rings. The lowest BCUT2D eigenvalue weighted by Gasteiger charge is -2.11. The minimum atomic E-state index is 0.246. The molecule has 0 aliphatic heterocycles. The zero-order chi connectivity index (χ0) is 8.97. The highest BCUT2D eigenvalue weighted by atomic mass is 16.5. The highest BCUT2D eigenvalue weighted by Gasteiger charge is 2.08. The smallest absolute Gasteiger partial charge is 0.119 e. The van der Waals surface area contributed by atoms with E-state index in [0.717, 1.165) is 5.56 Å². The first-order chi connectivity index (χ1) is 5.75. The van der Waals surface area contributed by atoms with Crippen LogP contribution in [0.2, 0.25) is 0 Å². The predicted octanol–water partition coefficient (Wildman–Crippen LogP) is 2.14. The van der Waals surface area contributed by atoms with Gasteiger partial charge in [0, 0.05) is 13.0 Å². The summed E-state index contributed by atoms with van der Waals surface area (Å²) in [6.45, 7) is 2.66. The molecule has 1 atom stereocenters. The predicted molar refractivity (Wildman–Crippen MR) is 48.4 cm³/mol. The number of aromatic hydroxyl groups is 1. The van der Waals surface area contributed by atoms with E-state index in [1.807, 2.05) is 25.1 Å². The molecule has 0 spiro atoms. The van der Waals surface area contributed by atoms with Crippen LogP contribution in [-0.4, -0.2) is 18.8 Å². The molecule has 12 heavy (non-hydrogen) atoms. The minimum absolute atomic E-state index is 0.246. The van der Waals surface area contributed by atoms with E-state index >= 15 is 0 Å². The van der Waals surface area contributed by atoms with Crippen molar-refractivity contribution in [1.29, 1.82) is 0 Å². The van der Waals surface area contributed by atoms with Gasteiger partial charge in [-0.1, -0.05) is 25.1 Å². The average Bonchev–Trinajstić information content (AvgIpc) is 2.05. The van der Waals surface area contributed by atoms with Crippen molar-refractivity contribution >= 4 is 0 Å². The zero-order valence-electron chi connectivity index (χ0n) is 7.45. The molecule has 1 unspecified atom stereocenters. The highest BCUT2D eigenvalue weighted by Crippen LogP contribution is 2.24. The van der Waals surface area contributed by atoms with Gasteiger partial charge >= 0.3 is 0 Å². The second kappa shape index (κ2) is 4.12. The monoisotopic (exact) mass is 166 g/mol. The first-order valence-corrected chi connectivity index (χ1v) is 4.02. The van der Waals surface area contributed by atoms with Crippen molar-refractivity contribution in [2.45, 2.75) is 12.8 Å². The number of para-hydroxylation sites is 1. The molecule has 0 aliphatic rings. The molecular formula is C10H14O2. The normalized spacial score (nSPS) is 12.8. The van der Waals surface area contributed by atoms with Gasteiger partial charge in [0.25, 0.3) is 0 Å². The number of rotatable bonds is 3. The highest BCUT2D eigenvalue weighted by molar-refractivity contribution is 5.34. The lowest BCUT2D eigenvalue weighted by molar-refractivity contribution is 0.183. The van der Waals surface area contributed by atoms with Gasteiger partial charge in [-0.2, -0.15) is 0 Å². The van der Waals surface area contributed by atoms with Gasteiger partial charge in [-0.25, -0.2) is 0 Å². The van der Waals surface area contributed by atoms with Crippen molar-refractivity contribution in [3.05, 3.63) is 29.8 Å². The third-order valence-electron chi connectivity index (χ3n) is 1.88. The van der Waals surface area contributed by atoms with Crippen LogP contribution in [0.1, 0.15) is 18.4 Å². The summed E-state index contributed by atoms with van der Waals surface area (Å²) in [5.41, 5.74) is 0.944. The number of phenolic OH excluding ortho intramolecular Hbond substituents is 1. The minimum Gasteiger partial charge on any atom is -0.508 e. The van der Waals surface area contributed by atoms with Crippen LogP contribution >= 0.6 is 0 Å². The van der Waals surface area contributed by atoms with Crippen LogP contribution < -0.4 is 0 Å². The fourth-order valence-electron chi connectivity index (χ4n) is 1.24. The Morgan fingerprint density at radius 1 is 1.42 bits per heavy atom. The van der Waals surface area contributed by atoms with Crippen molar-refractivity contribution in [2.75, 3.05) is 13.7 Å². The van der Waals surface area contributed by atoms with Crippen LogP contribution in [0.3, 0.4) is 0 Å². The third-order valence-corrected chi connectivity index (χ3v) is 1.88. The standard InChI is InChI=1S/C10H14O2/c1-8(7-12-2)9-5-3-4-6-10(9)11/h3-6,8,11H,7H2,1-2H3. The van der Waals surface area contributed by atoms with Crippen molar-refractivity contribution in [3.8, 4) is 5.75 Å². The molecule has 0 aliphatic carbocycles. The van der Waals surface area contributed by atoms with Crippen LogP contribution in [0.15, 0.2) is 24.3 Å². The Morgan fingerprint density at radius 3 is 2.67 bits per heavy atom. The Labute approximate surface area is 72.8 Å². The summed E-state index contributed by atoms with van der Waals surface area (Å²) >= 11 is 0. The van der Waals surface area contributed by atoms with Gasteiger partial charge in [-0.05, 0) is 11.6 Å². The molecule has 0 fully saturated rings. The number of methoxy groups -OCH3 is 1. The Balaban J connectivity index is 2.79. The van der Waals surface area contributed by atoms with Crippen molar-refractivity contribution in [3.63, 3.8) is 0 Å². The summed E-state index contributed by atoms with van der Waals surface area (Å²) in [5.74, 6) is 0.596. The molecule has 1 N–H and O–H groups in total. The molecule has 0 aromatic heterocycles. The first kappa shape index (κ1) is 9.07. The maximum absolute atomic E-state index is 9.45. The van der Waals surface area contributed by atoms with E-state index in [4.69, 9.17) is 4.74 Å². The molecule has 0 bridgehead atoms. The number of phenols is 1. The topological polar surface area (TPSA) is 29.5 Å². The molecule has 0 heterocycles. The lowest BCUT2D eigenvalue weighted by Crippen LogP contribution is -2.01. The second-order valence-electron chi connectivity index (χ2n) is 2.92. The molecule has 0 amide bonds. The second-order valence-corrected chi connectivity index (χ2v) is 2.92. The zero-order valence-corrected chi connectivity index (χ0v) is 7.45. The quantitative estimate of drug-likeness (QED) is 0.745. The van der Waals surface area contributed by atoms with Gasteiger partial charge < -0.3 is 9.84 Å². The molecule has 2 heteroatoms. The Hall–Kier alpha value is -1.02. The summed E-state index contributed by atoms with van der Waals surface area (Å²) in [6.07, 6.45) is 0. The van der Waals surface area contributed by atoms with Crippen molar-refractivity contribution in [2.24, 2.45) is 0 Å². The molecule has 0 saturated carbocycles. The van der Waals surface area contributed by atoms with Crippen LogP contribution in [0.4, 0.5) is 0 Å².